The Kier molecular flexibility index (Phi) is 3.29. The lowest BCUT2D eigenvalue weighted by atomic mass is 10.0. The molecule has 0 aromatic carbocycles. The van der Waals surface area contributed by atoms with Gasteiger partial charge in [0.2, 0.25) is 0 Å². The van der Waals surface area contributed by atoms with Crippen molar-refractivity contribution in [3.8, 4) is 0 Å². The fraction of sp³-hybridized carbons (Fsp3) is 0.357. The fourth-order valence-corrected chi connectivity index (χ4v) is 3.26. The summed E-state index contributed by atoms with van der Waals surface area (Å²) in [6.45, 7) is 0.710. The van der Waals surface area contributed by atoms with Crippen molar-refractivity contribution in [3.63, 3.8) is 0 Å². The average Bonchev–Trinajstić information content (AvgIpc) is 2.85. The molecule has 0 spiro atoms. The largest absolute Gasteiger partial charge is 0.345 e. The third-order valence-corrected chi connectivity index (χ3v) is 4.46. The SMILES string of the molecule is CN(Cc1ccccn1)c1nc2c(s1)C(=O)CCC2. The number of thiazole rings is 1. The van der Waals surface area contributed by atoms with Crippen molar-refractivity contribution in [3.05, 3.63) is 40.7 Å². The first kappa shape index (κ1) is 12.3. The van der Waals surface area contributed by atoms with Gasteiger partial charge in [-0.25, -0.2) is 4.98 Å². The Labute approximate surface area is 116 Å². The van der Waals surface area contributed by atoms with E-state index in [4.69, 9.17) is 0 Å². The van der Waals surface area contributed by atoms with Crippen molar-refractivity contribution >= 4 is 22.3 Å². The minimum absolute atomic E-state index is 0.247. The molecule has 3 rings (SSSR count). The van der Waals surface area contributed by atoms with E-state index < -0.39 is 0 Å². The molecular weight excluding hydrogens is 258 g/mol. The summed E-state index contributed by atoms with van der Waals surface area (Å²) < 4.78 is 0. The summed E-state index contributed by atoms with van der Waals surface area (Å²) in [6.07, 6.45) is 4.31. The number of aryl methyl sites for hydroxylation is 1. The molecule has 0 aliphatic heterocycles. The van der Waals surface area contributed by atoms with Gasteiger partial charge in [0.05, 0.1) is 22.8 Å². The molecule has 5 heteroatoms. The van der Waals surface area contributed by atoms with Gasteiger partial charge in [-0.3, -0.25) is 9.78 Å². The van der Waals surface area contributed by atoms with Crippen LogP contribution in [0, 0.1) is 0 Å². The first-order valence-electron chi connectivity index (χ1n) is 6.38. The molecule has 0 saturated heterocycles. The van der Waals surface area contributed by atoms with E-state index in [2.05, 4.69) is 14.9 Å². The maximum absolute atomic E-state index is 11.8. The quantitative estimate of drug-likeness (QED) is 0.862. The number of fused-ring (bicyclic) bond motifs is 1. The van der Waals surface area contributed by atoms with Gasteiger partial charge in [-0.05, 0) is 25.0 Å². The summed E-state index contributed by atoms with van der Waals surface area (Å²) in [5, 5.41) is 0.908. The number of anilines is 1. The first-order valence-corrected chi connectivity index (χ1v) is 7.19. The molecule has 4 nitrogen and oxygen atoms in total. The molecule has 0 atom stereocenters. The zero-order valence-corrected chi connectivity index (χ0v) is 11.6. The molecule has 98 valence electrons. The van der Waals surface area contributed by atoms with E-state index in [1.165, 1.54) is 11.3 Å². The highest BCUT2D eigenvalue weighted by atomic mass is 32.1. The van der Waals surface area contributed by atoms with Crippen LogP contribution in [0.1, 0.15) is 33.9 Å². The van der Waals surface area contributed by atoms with Gasteiger partial charge in [0.25, 0.3) is 0 Å². The summed E-state index contributed by atoms with van der Waals surface area (Å²) in [5.41, 5.74) is 1.98. The van der Waals surface area contributed by atoms with Crippen molar-refractivity contribution in [2.45, 2.75) is 25.8 Å². The minimum Gasteiger partial charge on any atom is -0.345 e. The van der Waals surface area contributed by atoms with Crippen LogP contribution in [0.15, 0.2) is 24.4 Å². The number of carbonyl (C=O) groups is 1. The summed E-state index contributed by atoms with van der Waals surface area (Å²) in [4.78, 5) is 23.6. The van der Waals surface area contributed by atoms with Gasteiger partial charge in [0, 0.05) is 19.7 Å². The second kappa shape index (κ2) is 5.09. The topological polar surface area (TPSA) is 46.1 Å². The monoisotopic (exact) mass is 273 g/mol. The van der Waals surface area contributed by atoms with Gasteiger partial charge in [0.1, 0.15) is 0 Å². The normalized spacial score (nSPS) is 14.3. The smallest absolute Gasteiger partial charge is 0.186 e. The Morgan fingerprint density at radius 2 is 2.26 bits per heavy atom. The second-order valence-electron chi connectivity index (χ2n) is 4.73. The summed E-state index contributed by atoms with van der Waals surface area (Å²) in [5.74, 6) is 0.247. The highest BCUT2D eigenvalue weighted by Gasteiger charge is 2.23. The number of aromatic nitrogens is 2. The van der Waals surface area contributed by atoms with Crippen LogP contribution in [0.5, 0.6) is 0 Å². The van der Waals surface area contributed by atoms with E-state index in [0.29, 0.717) is 13.0 Å². The Bertz CT molecular complexity index is 594. The van der Waals surface area contributed by atoms with E-state index in [9.17, 15) is 4.79 Å². The third kappa shape index (κ3) is 2.51. The van der Waals surface area contributed by atoms with E-state index >= 15 is 0 Å². The van der Waals surface area contributed by atoms with Crippen LogP contribution in [-0.4, -0.2) is 22.8 Å². The number of pyridine rings is 1. The number of rotatable bonds is 3. The van der Waals surface area contributed by atoms with Crippen molar-refractivity contribution in [2.75, 3.05) is 11.9 Å². The molecule has 1 aliphatic rings. The van der Waals surface area contributed by atoms with Crippen LogP contribution >= 0.6 is 11.3 Å². The molecule has 1 aliphatic carbocycles. The van der Waals surface area contributed by atoms with Crippen molar-refractivity contribution in [1.82, 2.24) is 9.97 Å². The van der Waals surface area contributed by atoms with Crippen molar-refractivity contribution in [1.29, 1.82) is 0 Å². The van der Waals surface area contributed by atoms with Crippen molar-refractivity contribution < 1.29 is 4.79 Å². The van der Waals surface area contributed by atoms with Gasteiger partial charge in [-0.2, -0.15) is 0 Å². The number of hydrogen-bond donors (Lipinski definition) is 0. The zero-order chi connectivity index (χ0) is 13.2. The molecule has 0 bridgehead atoms. The molecule has 2 heterocycles. The number of Topliss-reactive ketones (excluding diaryl/α,β-unsaturated/α-hetero) is 1. The number of carbonyl (C=O) groups excluding carboxylic acids is 1. The van der Waals surface area contributed by atoms with Crippen LogP contribution in [0.3, 0.4) is 0 Å². The van der Waals surface area contributed by atoms with Gasteiger partial charge < -0.3 is 4.90 Å². The lowest BCUT2D eigenvalue weighted by molar-refractivity contribution is 0.0976. The van der Waals surface area contributed by atoms with Gasteiger partial charge in [-0.15, -0.1) is 0 Å². The van der Waals surface area contributed by atoms with Crippen LogP contribution in [-0.2, 0) is 13.0 Å². The average molecular weight is 273 g/mol. The molecule has 19 heavy (non-hydrogen) atoms. The first-order chi connectivity index (χ1) is 9.24. The molecule has 0 radical (unpaired) electrons. The van der Waals surface area contributed by atoms with Gasteiger partial charge in [-0.1, -0.05) is 17.4 Å². The molecule has 0 unspecified atom stereocenters. The summed E-state index contributed by atoms with van der Waals surface area (Å²) >= 11 is 1.51. The molecule has 2 aromatic rings. The molecule has 2 aromatic heterocycles. The molecular formula is C14H15N3OS. The lowest BCUT2D eigenvalue weighted by Gasteiger charge is -2.14. The fourth-order valence-electron chi connectivity index (χ4n) is 2.22. The Morgan fingerprint density at radius 3 is 3.00 bits per heavy atom. The highest BCUT2D eigenvalue weighted by Crippen LogP contribution is 2.31. The van der Waals surface area contributed by atoms with E-state index in [1.807, 2.05) is 25.2 Å². The van der Waals surface area contributed by atoms with E-state index in [-0.39, 0.29) is 5.78 Å². The zero-order valence-electron chi connectivity index (χ0n) is 10.8. The molecule has 0 N–H and O–H groups in total. The van der Waals surface area contributed by atoms with Crippen molar-refractivity contribution in [2.24, 2.45) is 0 Å². The maximum Gasteiger partial charge on any atom is 0.186 e. The van der Waals surface area contributed by atoms with Crippen LogP contribution in [0.2, 0.25) is 0 Å². The molecule has 0 amide bonds. The highest BCUT2D eigenvalue weighted by molar-refractivity contribution is 7.17. The number of ketones is 1. The third-order valence-electron chi connectivity index (χ3n) is 3.21. The maximum atomic E-state index is 11.8. The predicted octanol–water partition coefficient (Wildman–Crippen LogP) is 2.69. The minimum atomic E-state index is 0.247. The predicted molar refractivity (Wildman–Crippen MR) is 75.7 cm³/mol. The lowest BCUT2D eigenvalue weighted by Crippen LogP contribution is -2.16. The summed E-state index contributed by atoms with van der Waals surface area (Å²) in [7, 11) is 1.99. The Hall–Kier alpha value is -1.75. The number of hydrogen-bond acceptors (Lipinski definition) is 5. The van der Waals surface area contributed by atoms with Crippen LogP contribution in [0.4, 0.5) is 5.13 Å². The molecule has 0 saturated carbocycles. The van der Waals surface area contributed by atoms with E-state index in [1.54, 1.807) is 6.20 Å². The van der Waals surface area contributed by atoms with Gasteiger partial charge >= 0.3 is 0 Å². The summed E-state index contributed by atoms with van der Waals surface area (Å²) in [6, 6.07) is 5.88. The second-order valence-corrected chi connectivity index (χ2v) is 5.70. The van der Waals surface area contributed by atoms with E-state index in [0.717, 1.165) is 34.2 Å². The van der Waals surface area contributed by atoms with Gasteiger partial charge in [0.15, 0.2) is 10.9 Å². The van der Waals surface area contributed by atoms with Crippen LogP contribution in [0.25, 0.3) is 0 Å². The molecule has 0 fully saturated rings. The standard InChI is InChI=1S/C14H15N3OS/c1-17(9-10-5-2-3-8-15-10)14-16-11-6-4-7-12(18)13(11)19-14/h2-3,5,8H,4,6-7,9H2,1H3. The van der Waals surface area contributed by atoms with Crippen LogP contribution < -0.4 is 4.90 Å². The Morgan fingerprint density at radius 1 is 1.37 bits per heavy atom. The Balaban J connectivity index is 1.81. The number of nitrogens with zero attached hydrogens (tertiary/aromatic N) is 3.